The molecular formula is C14H22N2O3. The Bertz CT molecular complexity index is 419. The molecule has 0 spiro atoms. The third-order valence-corrected chi connectivity index (χ3v) is 2.61. The summed E-state index contributed by atoms with van der Waals surface area (Å²) in [6.07, 6.45) is 0.942. The molecule has 19 heavy (non-hydrogen) atoms. The lowest BCUT2D eigenvalue weighted by molar-refractivity contribution is -0.120. The van der Waals surface area contributed by atoms with Gasteiger partial charge in [-0.05, 0) is 24.5 Å². The molecule has 0 atom stereocenters. The summed E-state index contributed by atoms with van der Waals surface area (Å²) in [6.45, 7) is 4.85. The second kappa shape index (κ2) is 7.63. The van der Waals surface area contributed by atoms with E-state index in [0.29, 0.717) is 29.6 Å². The van der Waals surface area contributed by atoms with E-state index in [2.05, 4.69) is 19.2 Å². The summed E-state index contributed by atoms with van der Waals surface area (Å²) in [5.41, 5.74) is 6.84. The second-order valence-corrected chi connectivity index (χ2v) is 4.74. The number of nitrogens with two attached hydrogens (primary N) is 1. The molecule has 0 aliphatic heterocycles. The molecule has 0 aliphatic carbocycles. The molecule has 0 saturated heterocycles. The predicted molar refractivity (Wildman–Crippen MR) is 76.3 cm³/mol. The first-order valence-corrected chi connectivity index (χ1v) is 6.34. The van der Waals surface area contributed by atoms with Crippen LogP contribution in [0.3, 0.4) is 0 Å². The average molecular weight is 266 g/mol. The minimum atomic E-state index is -0.208. The third kappa shape index (κ3) is 5.61. The van der Waals surface area contributed by atoms with Gasteiger partial charge in [0.15, 0.2) is 0 Å². The van der Waals surface area contributed by atoms with Gasteiger partial charge >= 0.3 is 0 Å². The molecule has 5 heteroatoms. The largest absolute Gasteiger partial charge is 0.497 e. The molecule has 1 aromatic carbocycles. The van der Waals surface area contributed by atoms with Gasteiger partial charge in [-0.1, -0.05) is 13.8 Å². The van der Waals surface area contributed by atoms with E-state index in [9.17, 15) is 4.79 Å². The van der Waals surface area contributed by atoms with E-state index in [1.807, 2.05) is 0 Å². The number of amides is 1. The van der Waals surface area contributed by atoms with Crippen LogP contribution in [0.15, 0.2) is 18.2 Å². The van der Waals surface area contributed by atoms with Crippen molar-refractivity contribution in [1.82, 2.24) is 0 Å². The first kappa shape index (κ1) is 15.3. The number of ether oxygens (including phenoxy) is 2. The van der Waals surface area contributed by atoms with Gasteiger partial charge in [0.25, 0.3) is 0 Å². The fourth-order valence-corrected chi connectivity index (χ4v) is 1.45. The lowest BCUT2D eigenvalue weighted by atomic mass is 10.1. The molecule has 106 valence electrons. The van der Waals surface area contributed by atoms with Gasteiger partial charge in [-0.15, -0.1) is 0 Å². The van der Waals surface area contributed by atoms with E-state index >= 15 is 0 Å². The number of methoxy groups -OCH3 is 1. The smallest absolute Gasteiger partial charge is 0.250 e. The highest BCUT2D eigenvalue weighted by Gasteiger charge is 2.06. The van der Waals surface area contributed by atoms with Crippen LogP contribution in [0, 0.1) is 5.92 Å². The maximum atomic E-state index is 11.6. The van der Waals surface area contributed by atoms with Crippen molar-refractivity contribution in [2.75, 3.05) is 31.4 Å². The van der Waals surface area contributed by atoms with Gasteiger partial charge in [0, 0.05) is 12.7 Å². The molecule has 0 radical (unpaired) electrons. The first-order valence-electron chi connectivity index (χ1n) is 6.34. The Morgan fingerprint density at radius 1 is 1.42 bits per heavy atom. The third-order valence-electron chi connectivity index (χ3n) is 2.61. The highest BCUT2D eigenvalue weighted by atomic mass is 16.5. The minimum absolute atomic E-state index is 0.0399. The van der Waals surface area contributed by atoms with Gasteiger partial charge < -0.3 is 20.5 Å². The van der Waals surface area contributed by atoms with Crippen LogP contribution in [-0.4, -0.2) is 26.2 Å². The maximum absolute atomic E-state index is 11.6. The molecular weight excluding hydrogens is 244 g/mol. The normalized spacial score (nSPS) is 10.5. The molecule has 5 nitrogen and oxygen atoms in total. The first-order chi connectivity index (χ1) is 9.02. The Morgan fingerprint density at radius 2 is 2.16 bits per heavy atom. The van der Waals surface area contributed by atoms with Crippen LogP contribution < -0.4 is 15.8 Å². The predicted octanol–water partition coefficient (Wildman–Crippen LogP) is 2.28. The van der Waals surface area contributed by atoms with E-state index in [4.69, 9.17) is 15.2 Å². The zero-order chi connectivity index (χ0) is 14.3. The number of carbonyl (C=O) groups excluding carboxylic acids is 1. The van der Waals surface area contributed by atoms with Gasteiger partial charge in [0.05, 0.1) is 18.5 Å². The van der Waals surface area contributed by atoms with Gasteiger partial charge in [-0.2, -0.15) is 0 Å². The Hall–Kier alpha value is -1.75. The fraction of sp³-hybridized carbons (Fsp3) is 0.500. The highest BCUT2D eigenvalue weighted by molar-refractivity contribution is 5.94. The number of nitrogens with one attached hydrogen (secondary N) is 1. The number of carbonyl (C=O) groups is 1. The van der Waals surface area contributed by atoms with E-state index in [-0.39, 0.29) is 12.5 Å². The molecule has 1 amide bonds. The molecule has 0 heterocycles. The number of nitrogen functional groups attached to an aromatic ring is 1. The molecule has 0 saturated carbocycles. The summed E-state index contributed by atoms with van der Waals surface area (Å²) in [4.78, 5) is 11.6. The van der Waals surface area contributed by atoms with Crippen molar-refractivity contribution in [1.29, 1.82) is 0 Å². The Labute approximate surface area is 114 Å². The summed E-state index contributed by atoms with van der Waals surface area (Å²) in [7, 11) is 1.57. The van der Waals surface area contributed by atoms with Crippen molar-refractivity contribution >= 4 is 17.3 Å². The number of hydrogen-bond acceptors (Lipinski definition) is 4. The summed E-state index contributed by atoms with van der Waals surface area (Å²) >= 11 is 0. The molecule has 0 unspecified atom stereocenters. The van der Waals surface area contributed by atoms with Gasteiger partial charge in [0.2, 0.25) is 5.91 Å². The van der Waals surface area contributed by atoms with Crippen molar-refractivity contribution in [3.8, 4) is 5.75 Å². The van der Waals surface area contributed by atoms with E-state index in [0.717, 1.165) is 6.42 Å². The van der Waals surface area contributed by atoms with E-state index in [1.165, 1.54) is 0 Å². The van der Waals surface area contributed by atoms with Crippen molar-refractivity contribution in [3.63, 3.8) is 0 Å². The highest BCUT2D eigenvalue weighted by Crippen LogP contribution is 2.23. The van der Waals surface area contributed by atoms with Crippen LogP contribution in [0.1, 0.15) is 20.3 Å². The van der Waals surface area contributed by atoms with Crippen LogP contribution in [0.5, 0.6) is 5.75 Å². The van der Waals surface area contributed by atoms with Crippen LogP contribution in [0.4, 0.5) is 11.4 Å². The number of benzene rings is 1. The summed E-state index contributed by atoms with van der Waals surface area (Å²) in [6, 6.07) is 5.11. The standard InChI is InChI=1S/C14H22N2O3/c1-10(2)6-7-19-9-14(17)16-13-5-4-11(18-3)8-12(13)15/h4-5,8,10H,6-7,9,15H2,1-3H3,(H,16,17). The second-order valence-electron chi connectivity index (χ2n) is 4.74. The van der Waals surface area contributed by atoms with Crippen LogP contribution in [-0.2, 0) is 9.53 Å². The van der Waals surface area contributed by atoms with Gasteiger partial charge in [0.1, 0.15) is 12.4 Å². The van der Waals surface area contributed by atoms with Crippen molar-refractivity contribution in [3.05, 3.63) is 18.2 Å². The fourth-order valence-electron chi connectivity index (χ4n) is 1.45. The topological polar surface area (TPSA) is 73.6 Å². The summed E-state index contributed by atoms with van der Waals surface area (Å²) in [5, 5.41) is 2.71. The molecule has 1 rings (SSSR count). The van der Waals surface area contributed by atoms with Gasteiger partial charge in [-0.3, -0.25) is 4.79 Å². The number of rotatable bonds is 7. The minimum Gasteiger partial charge on any atom is -0.497 e. The molecule has 1 aromatic rings. The van der Waals surface area contributed by atoms with E-state index < -0.39 is 0 Å². The van der Waals surface area contributed by atoms with Crippen molar-refractivity contribution in [2.24, 2.45) is 5.92 Å². The lowest BCUT2D eigenvalue weighted by Gasteiger charge is -2.10. The maximum Gasteiger partial charge on any atom is 0.250 e. The zero-order valence-electron chi connectivity index (χ0n) is 11.7. The van der Waals surface area contributed by atoms with Crippen LogP contribution in [0.25, 0.3) is 0 Å². The SMILES string of the molecule is COc1ccc(NC(=O)COCCC(C)C)c(N)c1. The quantitative estimate of drug-likeness (QED) is 0.586. The van der Waals surface area contributed by atoms with E-state index in [1.54, 1.807) is 25.3 Å². The number of hydrogen-bond donors (Lipinski definition) is 2. The average Bonchev–Trinajstić information content (AvgIpc) is 2.37. The molecule has 0 aromatic heterocycles. The Kier molecular flexibility index (Phi) is 6.15. The molecule has 0 fully saturated rings. The summed E-state index contributed by atoms with van der Waals surface area (Å²) < 4.78 is 10.3. The van der Waals surface area contributed by atoms with Gasteiger partial charge in [-0.25, -0.2) is 0 Å². The van der Waals surface area contributed by atoms with Crippen molar-refractivity contribution in [2.45, 2.75) is 20.3 Å². The number of anilines is 2. The Morgan fingerprint density at radius 3 is 2.74 bits per heavy atom. The zero-order valence-corrected chi connectivity index (χ0v) is 11.7. The Balaban J connectivity index is 2.40. The van der Waals surface area contributed by atoms with Crippen LogP contribution in [0.2, 0.25) is 0 Å². The molecule has 0 bridgehead atoms. The van der Waals surface area contributed by atoms with Crippen molar-refractivity contribution < 1.29 is 14.3 Å². The lowest BCUT2D eigenvalue weighted by Crippen LogP contribution is -2.19. The summed E-state index contributed by atoms with van der Waals surface area (Å²) in [5.74, 6) is 1.02. The van der Waals surface area contributed by atoms with Crippen LogP contribution >= 0.6 is 0 Å². The monoisotopic (exact) mass is 266 g/mol. The molecule has 0 aliphatic rings. The molecule has 3 N–H and O–H groups in total.